The van der Waals surface area contributed by atoms with Crippen molar-refractivity contribution in [2.45, 2.75) is 0 Å². The number of anilines is 2. The van der Waals surface area contributed by atoms with Crippen molar-refractivity contribution in [1.29, 1.82) is 0 Å². The number of aromatic nitrogens is 2. The Labute approximate surface area is 78.5 Å². The molecule has 4 N–H and O–H groups in total. The molecule has 6 heteroatoms. The fourth-order valence-electron chi connectivity index (χ4n) is 1.10. The number of nitrogens with zero attached hydrogens (tertiary/aromatic N) is 2. The van der Waals surface area contributed by atoms with E-state index in [0.717, 1.165) is 0 Å². The SMILES string of the molecule is Nc1noc(-c2c(N)cccc2F)n1. The van der Waals surface area contributed by atoms with Gasteiger partial charge in [0.05, 0.1) is 5.56 Å². The van der Waals surface area contributed by atoms with E-state index in [0.29, 0.717) is 0 Å². The monoisotopic (exact) mass is 194 g/mol. The van der Waals surface area contributed by atoms with Crippen molar-refractivity contribution in [3.63, 3.8) is 0 Å². The zero-order valence-corrected chi connectivity index (χ0v) is 7.07. The summed E-state index contributed by atoms with van der Waals surface area (Å²) in [5.74, 6) is -0.589. The maximum atomic E-state index is 13.3. The van der Waals surface area contributed by atoms with Gasteiger partial charge in [0.25, 0.3) is 11.8 Å². The molecule has 1 heterocycles. The lowest BCUT2D eigenvalue weighted by atomic mass is 10.1. The van der Waals surface area contributed by atoms with Crippen LogP contribution in [0.2, 0.25) is 0 Å². The second-order valence-electron chi connectivity index (χ2n) is 2.66. The molecule has 0 aliphatic heterocycles. The van der Waals surface area contributed by atoms with E-state index in [2.05, 4.69) is 10.1 Å². The van der Waals surface area contributed by atoms with E-state index in [4.69, 9.17) is 16.0 Å². The Morgan fingerprint density at radius 1 is 1.29 bits per heavy atom. The number of rotatable bonds is 1. The van der Waals surface area contributed by atoms with E-state index in [9.17, 15) is 4.39 Å². The summed E-state index contributed by atoms with van der Waals surface area (Å²) in [4.78, 5) is 3.68. The van der Waals surface area contributed by atoms with Gasteiger partial charge in [-0.1, -0.05) is 6.07 Å². The fraction of sp³-hybridized carbons (Fsp3) is 0. The van der Waals surface area contributed by atoms with Crippen LogP contribution in [0.15, 0.2) is 22.7 Å². The van der Waals surface area contributed by atoms with Gasteiger partial charge >= 0.3 is 0 Å². The molecule has 0 unspecified atom stereocenters. The second-order valence-corrected chi connectivity index (χ2v) is 2.66. The van der Waals surface area contributed by atoms with Crippen molar-refractivity contribution in [2.24, 2.45) is 0 Å². The Bertz CT molecular complexity index is 448. The van der Waals surface area contributed by atoms with Crippen LogP contribution in [0.1, 0.15) is 0 Å². The van der Waals surface area contributed by atoms with Crippen molar-refractivity contribution in [3.05, 3.63) is 24.0 Å². The van der Waals surface area contributed by atoms with Crippen LogP contribution in [0.5, 0.6) is 0 Å². The molecule has 72 valence electrons. The minimum absolute atomic E-state index is 0.0156. The van der Waals surface area contributed by atoms with Crippen molar-refractivity contribution < 1.29 is 8.91 Å². The van der Waals surface area contributed by atoms with Gasteiger partial charge in [-0.05, 0) is 17.3 Å². The quantitative estimate of drug-likeness (QED) is 0.662. The van der Waals surface area contributed by atoms with Crippen LogP contribution in [0, 0.1) is 5.82 Å². The van der Waals surface area contributed by atoms with E-state index >= 15 is 0 Å². The third kappa shape index (κ3) is 1.26. The van der Waals surface area contributed by atoms with E-state index < -0.39 is 5.82 Å². The fourth-order valence-corrected chi connectivity index (χ4v) is 1.10. The number of nitrogens with two attached hydrogens (primary N) is 2. The van der Waals surface area contributed by atoms with Gasteiger partial charge in [0, 0.05) is 5.69 Å². The molecule has 0 fully saturated rings. The number of halogens is 1. The third-order valence-electron chi connectivity index (χ3n) is 1.70. The molecule has 0 radical (unpaired) electrons. The zero-order chi connectivity index (χ0) is 10.1. The van der Waals surface area contributed by atoms with Crippen LogP contribution in [-0.4, -0.2) is 10.1 Å². The molecule has 0 amide bonds. The predicted octanol–water partition coefficient (Wildman–Crippen LogP) is 1.04. The molecule has 0 saturated carbocycles. The van der Waals surface area contributed by atoms with Crippen LogP contribution < -0.4 is 11.5 Å². The minimum Gasteiger partial charge on any atom is -0.398 e. The largest absolute Gasteiger partial charge is 0.398 e. The summed E-state index contributed by atoms with van der Waals surface area (Å²) in [5.41, 5.74) is 11.1. The van der Waals surface area contributed by atoms with Crippen molar-refractivity contribution >= 4 is 11.6 Å². The summed E-state index contributed by atoms with van der Waals surface area (Å²) < 4.78 is 18.0. The highest BCUT2D eigenvalue weighted by Crippen LogP contribution is 2.27. The summed E-state index contributed by atoms with van der Waals surface area (Å²) in [6.45, 7) is 0. The van der Waals surface area contributed by atoms with Crippen LogP contribution in [-0.2, 0) is 0 Å². The molecule has 2 rings (SSSR count). The van der Waals surface area contributed by atoms with Gasteiger partial charge in [0.1, 0.15) is 5.82 Å². The average molecular weight is 194 g/mol. The molecule has 0 aliphatic carbocycles. The van der Waals surface area contributed by atoms with Crippen LogP contribution in [0.4, 0.5) is 16.0 Å². The Kier molecular flexibility index (Phi) is 1.81. The normalized spacial score (nSPS) is 10.4. The molecule has 0 atom stereocenters. The molecule has 0 aliphatic rings. The van der Waals surface area contributed by atoms with Gasteiger partial charge in [-0.3, -0.25) is 0 Å². The van der Waals surface area contributed by atoms with Gasteiger partial charge in [0.2, 0.25) is 0 Å². The lowest BCUT2D eigenvalue weighted by Crippen LogP contribution is -1.93. The number of hydrogen-bond donors (Lipinski definition) is 2. The molecule has 0 saturated heterocycles. The summed E-state index contributed by atoms with van der Waals surface area (Å²) >= 11 is 0. The average Bonchev–Trinajstić information content (AvgIpc) is 2.51. The lowest BCUT2D eigenvalue weighted by Gasteiger charge is -2.00. The maximum absolute atomic E-state index is 13.3. The number of benzene rings is 1. The molecular formula is C8H7FN4O. The second kappa shape index (κ2) is 2.99. The summed E-state index contributed by atoms with van der Waals surface area (Å²) in [6.07, 6.45) is 0. The maximum Gasteiger partial charge on any atom is 0.264 e. The highest BCUT2D eigenvalue weighted by molar-refractivity contribution is 5.71. The predicted molar refractivity (Wildman–Crippen MR) is 48.5 cm³/mol. The van der Waals surface area contributed by atoms with Crippen LogP contribution in [0.3, 0.4) is 0 Å². The minimum atomic E-state index is -0.520. The third-order valence-corrected chi connectivity index (χ3v) is 1.70. The smallest absolute Gasteiger partial charge is 0.264 e. The molecule has 14 heavy (non-hydrogen) atoms. The van der Waals surface area contributed by atoms with Gasteiger partial charge in [-0.2, -0.15) is 4.98 Å². The molecule has 2 aromatic rings. The standard InChI is InChI=1S/C8H7FN4O/c9-4-2-1-3-5(10)6(4)7-12-8(11)13-14-7/h1-3H,10H2,(H2,11,13). The first-order valence-electron chi connectivity index (χ1n) is 3.82. The molecule has 1 aromatic carbocycles. The van der Waals surface area contributed by atoms with Gasteiger partial charge in [0.15, 0.2) is 0 Å². The van der Waals surface area contributed by atoms with Crippen molar-refractivity contribution in [3.8, 4) is 11.5 Å². The Morgan fingerprint density at radius 3 is 2.64 bits per heavy atom. The Balaban J connectivity index is 2.61. The first kappa shape index (κ1) is 8.49. The first-order valence-corrected chi connectivity index (χ1v) is 3.82. The summed E-state index contributed by atoms with van der Waals surface area (Å²) in [5, 5.41) is 3.34. The molecule has 5 nitrogen and oxygen atoms in total. The number of hydrogen-bond acceptors (Lipinski definition) is 5. The van der Waals surface area contributed by atoms with E-state index in [1.54, 1.807) is 6.07 Å². The highest BCUT2D eigenvalue weighted by atomic mass is 19.1. The zero-order valence-electron chi connectivity index (χ0n) is 7.07. The lowest BCUT2D eigenvalue weighted by molar-refractivity contribution is 0.430. The van der Waals surface area contributed by atoms with Crippen molar-refractivity contribution in [1.82, 2.24) is 10.1 Å². The molecular weight excluding hydrogens is 187 g/mol. The summed E-state index contributed by atoms with van der Waals surface area (Å²) in [6, 6.07) is 4.29. The number of nitrogen functional groups attached to an aromatic ring is 2. The van der Waals surface area contributed by atoms with Gasteiger partial charge < -0.3 is 16.0 Å². The topological polar surface area (TPSA) is 91.0 Å². The van der Waals surface area contributed by atoms with E-state index in [1.165, 1.54) is 12.1 Å². The van der Waals surface area contributed by atoms with Gasteiger partial charge in [-0.15, -0.1) is 0 Å². The van der Waals surface area contributed by atoms with Crippen LogP contribution >= 0.6 is 0 Å². The Hall–Kier alpha value is -2.11. The van der Waals surface area contributed by atoms with Gasteiger partial charge in [-0.25, -0.2) is 4.39 Å². The molecule has 0 spiro atoms. The van der Waals surface area contributed by atoms with E-state index in [-0.39, 0.29) is 23.1 Å². The Morgan fingerprint density at radius 2 is 2.07 bits per heavy atom. The molecule has 0 bridgehead atoms. The first-order chi connectivity index (χ1) is 6.68. The summed E-state index contributed by atoms with van der Waals surface area (Å²) in [7, 11) is 0. The van der Waals surface area contributed by atoms with Crippen LogP contribution in [0.25, 0.3) is 11.5 Å². The van der Waals surface area contributed by atoms with Crippen molar-refractivity contribution in [2.75, 3.05) is 11.5 Å². The molecule has 1 aromatic heterocycles. The van der Waals surface area contributed by atoms with E-state index in [1.807, 2.05) is 0 Å². The highest BCUT2D eigenvalue weighted by Gasteiger charge is 2.14.